The van der Waals surface area contributed by atoms with Crippen molar-refractivity contribution in [2.75, 3.05) is 13.1 Å². The van der Waals surface area contributed by atoms with E-state index in [2.05, 4.69) is 0 Å². The maximum atomic E-state index is 12.2. The second-order valence-corrected chi connectivity index (χ2v) is 6.64. The van der Waals surface area contributed by atoms with Crippen molar-refractivity contribution >= 4 is 12.1 Å². The maximum Gasteiger partial charge on any atom is 0.410 e. The molecule has 1 aromatic carbocycles. The van der Waals surface area contributed by atoms with Gasteiger partial charge in [-0.05, 0) is 26.3 Å². The summed E-state index contributed by atoms with van der Waals surface area (Å²) < 4.78 is 10.6. The van der Waals surface area contributed by atoms with E-state index in [0.29, 0.717) is 0 Å². The van der Waals surface area contributed by atoms with Gasteiger partial charge in [0.15, 0.2) is 0 Å². The number of hydrogen-bond donors (Lipinski definition) is 1. The number of carbonyl (C=O) groups excluding carboxylic acids is 2. The SMILES string of the molecule is CC(C)(C)OC(=O)N1C[C@H](C(=O)OCc2ccccc2)[C@H]1CN. The number of ether oxygens (including phenoxy) is 2. The Hall–Kier alpha value is -2.08. The normalized spacial score (nSPS) is 20.6. The third kappa shape index (κ3) is 4.45. The molecule has 126 valence electrons. The minimum atomic E-state index is -0.574. The fraction of sp³-hybridized carbons (Fsp3) is 0.529. The van der Waals surface area contributed by atoms with Crippen LogP contribution >= 0.6 is 0 Å². The van der Waals surface area contributed by atoms with Crippen LogP contribution < -0.4 is 5.73 Å². The molecule has 2 N–H and O–H groups in total. The van der Waals surface area contributed by atoms with E-state index in [1.54, 1.807) is 20.8 Å². The van der Waals surface area contributed by atoms with Gasteiger partial charge in [0.1, 0.15) is 12.2 Å². The zero-order valence-corrected chi connectivity index (χ0v) is 13.8. The van der Waals surface area contributed by atoms with Crippen molar-refractivity contribution in [1.82, 2.24) is 4.90 Å². The van der Waals surface area contributed by atoms with Crippen LogP contribution in [-0.4, -0.2) is 41.7 Å². The minimum Gasteiger partial charge on any atom is -0.460 e. The predicted molar refractivity (Wildman–Crippen MR) is 85.5 cm³/mol. The summed E-state index contributed by atoms with van der Waals surface area (Å²) in [5.41, 5.74) is 6.05. The predicted octanol–water partition coefficient (Wildman–Crippen LogP) is 1.92. The topological polar surface area (TPSA) is 81.9 Å². The summed E-state index contributed by atoms with van der Waals surface area (Å²) in [4.78, 5) is 25.7. The molecule has 0 aliphatic carbocycles. The highest BCUT2D eigenvalue weighted by Crippen LogP contribution is 2.28. The van der Waals surface area contributed by atoms with Crippen LogP contribution in [0.4, 0.5) is 4.79 Å². The van der Waals surface area contributed by atoms with Crippen molar-refractivity contribution in [2.45, 2.75) is 39.0 Å². The summed E-state index contributed by atoms with van der Waals surface area (Å²) in [6.07, 6.45) is -0.444. The van der Waals surface area contributed by atoms with E-state index in [0.717, 1.165) is 5.56 Å². The molecule has 0 unspecified atom stereocenters. The lowest BCUT2D eigenvalue weighted by Crippen LogP contribution is -2.64. The standard InChI is InChI=1S/C17H24N2O4/c1-17(2,3)23-16(21)19-10-13(14(19)9-18)15(20)22-11-12-7-5-4-6-8-12/h4-8,13-14H,9-11,18H2,1-3H3/t13-,14+/m0/s1. The van der Waals surface area contributed by atoms with Crippen molar-refractivity contribution in [2.24, 2.45) is 11.7 Å². The molecule has 1 aliphatic rings. The summed E-state index contributed by atoms with van der Waals surface area (Å²) in [6.45, 7) is 6.10. The first-order chi connectivity index (χ1) is 10.8. The van der Waals surface area contributed by atoms with E-state index in [1.165, 1.54) is 4.90 Å². The molecule has 2 atom stereocenters. The molecule has 0 aromatic heterocycles. The number of amides is 1. The highest BCUT2D eigenvalue weighted by atomic mass is 16.6. The van der Waals surface area contributed by atoms with Gasteiger partial charge in [0.05, 0.1) is 12.0 Å². The van der Waals surface area contributed by atoms with Crippen molar-refractivity contribution < 1.29 is 19.1 Å². The molecule has 1 aromatic rings. The van der Waals surface area contributed by atoms with Crippen LogP contribution in [-0.2, 0) is 20.9 Å². The number of benzene rings is 1. The van der Waals surface area contributed by atoms with Gasteiger partial charge < -0.3 is 20.1 Å². The zero-order chi connectivity index (χ0) is 17.0. The van der Waals surface area contributed by atoms with Gasteiger partial charge >= 0.3 is 12.1 Å². The monoisotopic (exact) mass is 320 g/mol. The molecule has 1 heterocycles. The number of likely N-dealkylation sites (tertiary alicyclic amines) is 1. The van der Waals surface area contributed by atoms with E-state index in [1.807, 2.05) is 30.3 Å². The number of rotatable bonds is 4. The second kappa shape index (κ2) is 7.00. The molecule has 1 aliphatic heterocycles. The van der Waals surface area contributed by atoms with Crippen LogP contribution in [0.1, 0.15) is 26.3 Å². The zero-order valence-electron chi connectivity index (χ0n) is 13.8. The largest absolute Gasteiger partial charge is 0.460 e. The molecule has 1 fully saturated rings. The van der Waals surface area contributed by atoms with Crippen molar-refractivity contribution in [3.8, 4) is 0 Å². The van der Waals surface area contributed by atoms with Gasteiger partial charge in [-0.25, -0.2) is 4.79 Å². The molecule has 0 radical (unpaired) electrons. The third-order valence-corrected chi connectivity index (χ3v) is 3.65. The molecule has 1 amide bonds. The van der Waals surface area contributed by atoms with Crippen molar-refractivity contribution in [3.05, 3.63) is 35.9 Å². The Morgan fingerprint density at radius 2 is 1.91 bits per heavy atom. The lowest BCUT2D eigenvalue weighted by atomic mass is 9.89. The Bertz CT molecular complexity index is 553. The molecule has 6 nitrogen and oxygen atoms in total. The van der Waals surface area contributed by atoms with E-state index < -0.39 is 17.6 Å². The first kappa shape index (κ1) is 17.3. The first-order valence-corrected chi connectivity index (χ1v) is 7.72. The summed E-state index contributed by atoms with van der Waals surface area (Å²) in [5.74, 6) is -0.722. The van der Waals surface area contributed by atoms with Gasteiger partial charge in [0.25, 0.3) is 0 Å². The summed E-state index contributed by atoms with van der Waals surface area (Å²) in [7, 11) is 0. The second-order valence-electron chi connectivity index (χ2n) is 6.64. The molecule has 0 bridgehead atoms. The Morgan fingerprint density at radius 1 is 1.26 bits per heavy atom. The average Bonchev–Trinajstić information content (AvgIpc) is 2.43. The Labute approximate surface area is 136 Å². The molecular weight excluding hydrogens is 296 g/mol. The van der Waals surface area contributed by atoms with Gasteiger partial charge in [0, 0.05) is 13.1 Å². The Balaban J connectivity index is 1.87. The molecule has 0 spiro atoms. The molecule has 6 heteroatoms. The van der Waals surface area contributed by atoms with Gasteiger partial charge in [-0.15, -0.1) is 0 Å². The van der Waals surface area contributed by atoms with E-state index in [9.17, 15) is 9.59 Å². The maximum absolute atomic E-state index is 12.2. The number of hydrogen-bond acceptors (Lipinski definition) is 5. The summed E-state index contributed by atoms with van der Waals surface area (Å²) >= 11 is 0. The lowest BCUT2D eigenvalue weighted by Gasteiger charge is -2.45. The highest BCUT2D eigenvalue weighted by Gasteiger charge is 2.47. The smallest absolute Gasteiger partial charge is 0.410 e. The molecule has 0 saturated carbocycles. The summed E-state index contributed by atoms with van der Waals surface area (Å²) in [6, 6.07) is 9.09. The fourth-order valence-electron chi connectivity index (χ4n) is 2.44. The van der Waals surface area contributed by atoms with Crippen LogP contribution in [0, 0.1) is 5.92 Å². The van der Waals surface area contributed by atoms with Crippen molar-refractivity contribution in [3.63, 3.8) is 0 Å². The van der Waals surface area contributed by atoms with Crippen LogP contribution in [0.15, 0.2) is 30.3 Å². The average molecular weight is 320 g/mol. The Morgan fingerprint density at radius 3 is 2.48 bits per heavy atom. The molecular formula is C17H24N2O4. The quantitative estimate of drug-likeness (QED) is 0.857. The van der Waals surface area contributed by atoms with Crippen LogP contribution in [0.2, 0.25) is 0 Å². The fourth-order valence-corrected chi connectivity index (χ4v) is 2.44. The lowest BCUT2D eigenvalue weighted by molar-refractivity contribution is -0.159. The number of nitrogens with two attached hydrogens (primary N) is 1. The van der Waals surface area contributed by atoms with Gasteiger partial charge in [-0.3, -0.25) is 4.79 Å². The number of nitrogens with zero attached hydrogens (tertiary/aromatic N) is 1. The van der Waals surface area contributed by atoms with E-state index in [-0.39, 0.29) is 31.7 Å². The van der Waals surface area contributed by atoms with Crippen LogP contribution in [0.25, 0.3) is 0 Å². The van der Waals surface area contributed by atoms with E-state index in [4.69, 9.17) is 15.2 Å². The molecule has 2 rings (SSSR count). The third-order valence-electron chi connectivity index (χ3n) is 3.65. The van der Waals surface area contributed by atoms with Crippen LogP contribution in [0.5, 0.6) is 0 Å². The molecule has 1 saturated heterocycles. The van der Waals surface area contributed by atoms with Gasteiger partial charge in [-0.2, -0.15) is 0 Å². The first-order valence-electron chi connectivity index (χ1n) is 7.72. The highest BCUT2D eigenvalue weighted by molar-refractivity contribution is 5.79. The van der Waals surface area contributed by atoms with Crippen molar-refractivity contribution in [1.29, 1.82) is 0 Å². The minimum absolute atomic E-state index is 0.199. The Kier molecular flexibility index (Phi) is 5.26. The number of carbonyl (C=O) groups is 2. The summed E-state index contributed by atoms with van der Waals surface area (Å²) in [5, 5.41) is 0. The van der Waals surface area contributed by atoms with Crippen LogP contribution in [0.3, 0.4) is 0 Å². The number of esters is 1. The van der Waals surface area contributed by atoms with Gasteiger partial charge in [0.2, 0.25) is 0 Å². The molecule has 23 heavy (non-hydrogen) atoms. The van der Waals surface area contributed by atoms with E-state index >= 15 is 0 Å². The van der Waals surface area contributed by atoms with Gasteiger partial charge in [-0.1, -0.05) is 30.3 Å².